The van der Waals surface area contributed by atoms with Crippen molar-refractivity contribution < 1.29 is 9.84 Å². The first-order valence-corrected chi connectivity index (χ1v) is 8.53. The third kappa shape index (κ3) is 4.75. The molecule has 2 nitrogen and oxygen atoms in total. The molecule has 2 rings (SSSR count). The van der Waals surface area contributed by atoms with Gasteiger partial charge in [-0.1, -0.05) is 51.9 Å². The van der Waals surface area contributed by atoms with E-state index in [0.29, 0.717) is 12.7 Å². The summed E-state index contributed by atoms with van der Waals surface area (Å²) in [6.45, 7) is 3.14. The minimum absolute atomic E-state index is 0.167. The van der Waals surface area contributed by atoms with Crippen LogP contribution in [0.15, 0.2) is 0 Å². The van der Waals surface area contributed by atoms with Gasteiger partial charge in [-0.05, 0) is 37.0 Å². The maximum atomic E-state index is 8.91. The van der Waals surface area contributed by atoms with E-state index in [1.807, 2.05) is 0 Å². The van der Waals surface area contributed by atoms with Crippen molar-refractivity contribution in [2.24, 2.45) is 17.8 Å². The molecule has 0 aromatic heterocycles. The second kappa shape index (κ2) is 8.26. The summed E-state index contributed by atoms with van der Waals surface area (Å²) < 4.78 is 5.81. The van der Waals surface area contributed by atoms with Crippen molar-refractivity contribution in [3.05, 3.63) is 0 Å². The van der Waals surface area contributed by atoms with Crippen LogP contribution >= 0.6 is 0 Å². The number of hydrogen-bond acceptors (Lipinski definition) is 2. The molecule has 0 aromatic carbocycles. The summed E-state index contributed by atoms with van der Waals surface area (Å²) >= 11 is 0. The van der Waals surface area contributed by atoms with Crippen LogP contribution in [0.3, 0.4) is 0 Å². The third-order valence-electron chi connectivity index (χ3n) is 5.41. The molecule has 3 atom stereocenters. The SMILES string of the molecule is CC1CCC(OCCO)CC1C1CCCCCCC1. The Morgan fingerprint density at radius 3 is 2.32 bits per heavy atom. The molecule has 3 unspecified atom stereocenters. The highest BCUT2D eigenvalue weighted by Crippen LogP contribution is 2.41. The van der Waals surface area contributed by atoms with E-state index in [0.717, 1.165) is 17.8 Å². The van der Waals surface area contributed by atoms with Gasteiger partial charge in [0.1, 0.15) is 0 Å². The Kier molecular flexibility index (Phi) is 6.66. The van der Waals surface area contributed by atoms with Crippen LogP contribution in [-0.4, -0.2) is 24.4 Å². The van der Waals surface area contributed by atoms with Crippen molar-refractivity contribution in [3.63, 3.8) is 0 Å². The molecule has 0 aliphatic heterocycles. The molecule has 0 amide bonds. The number of aliphatic hydroxyl groups excluding tert-OH is 1. The van der Waals surface area contributed by atoms with Gasteiger partial charge in [-0.3, -0.25) is 0 Å². The number of aliphatic hydroxyl groups is 1. The number of ether oxygens (including phenoxy) is 1. The maximum absolute atomic E-state index is 8.91. The van der Waals surface area contributed by atoms with E-state index < -0.39 is 0 Å². The molecule has 2 heteroatoms. The first kappa shape index (κ1) is 15.3. The standard InChI is InChI=1S/C17H32O2/c1-14-9-10-16(19-12-11-18)13-17(14)15-7-5-3-2-4-6-8-15/h14-18H,2-13H2,1H3. The van der Waals surface area contributed by atoms with Crippen molar-refractivity contribution in [1.82, 2.24) is 0 Å². The normalized spacial score (nSPS) is 34.7. The fourth-order valence-electron chi connectivity index (χ4n) is 4.26. The van der Waals surface area contributed by atoms with Gasteiger partial charge in [-0.15, -0.1) is 0 Å². The van der Waals surface area contributed by atoms with E-state index in [1.165, 1.54) is 64.2 Å². The predicted octanol–water partition coefficient (Wildman–Crippen LogP) is 4.16. The predicted molar refractivity (Wildman–Crippen MR) is 79.1 cm³/mol. The molecular weight excluding hydrogens is 236 g/mol. The van der Waals surface area contributed by atoms with E-state index in [-0.39, 0.29) is 6.61 Å². The van der Waals surface area contributed by atoms with Gasteiger partial charge in [0.2, 0.25) is 0 Å². The van der Waals surface area contributed by atoms with Crippen molar-refractivity contribution >= 4 is 0 Å². The summed E-state index contributed by atoms with van der Waals surface area (Å²) in [5.74, 6) is 2.68. The molecular formula is C17H32O2. The highest BCUT2D eigenvalue weighted by molar-refractivity contribution is 4.84. The molecule has 0 bridgehead atoms. The smallest absolute Gasteiger partial charge is 0.0701 e. The van der Waals surface area contributed by atoms with Crippen LogP contribution in [0.4, 0.5) is 0 Å². The minimum atomic E-state index is 0.167. The lowest BCUT2D eigenvalue weighted by Crippen LogP contribution is -2.33. The molecule has 0 heterocycles. The molecule has 0 aromatic rings. The lowest BCUT2D eigenvalue weighted by Gasteiger charge is -2.39. The molecule has 2 aliphatic carbocycles. The lowest BCUT2D eigenvalue weighted by molar-refractivity contribution is -0.0283. The minimum Gasteiger partial charge on any atom is -0.394 e. The Balaban J connectivity index is 1.87. The largest absolute Gasteiger partial charge is 0.394 e. The van der Waals surface area contributed by atoms with E-state index in [1.54, 1.807) is 0 Å². The van der Waals surface area contributed by atoms with Crippen LogP contribution in [0.2, 0.25) is 0 Å². The van der Waals surface area contributed by atoms with Gasteiger partial charge in [-0.25, -0.2) is 0 Å². The quantitative estimate of drug-likeness (QED) is 0.829. The van der Waals surface area contributed by atoms with Crippen LogP contribution in [0.1, 0.15) is 71.1 Å². The summed E-state index contributed by atoms with van der Waals surface area (Å²) in [7, 11) is 0. The average molecular weight is 268 g/mol. The van der Waals surface area contributed by atoms with Gasteiger partial charge in [0, 0.05) is 0 Å². The number of hydrogen-bond donors (Lipinski definition) is 1. The Morgan fingerprint density at radius 2 is 1.63 bits per heavy atom. The Hall–Kier alpha value is -0.0800. The summed E-state index contributed by atoms with van der Waals surface area (Å²) in [4.78, 5) is 0. The third-order valence-corrected chi connectivity index (χ3v) is 5.41. The first-order valence-electron chi connectivity index (χ1n) is 8.53. The second-order valence-electron chi connectivity index (χ2n) is 6.78. The second-order valence-corrected chi connectivity index (χ2v) is 6.78. The van der Waals surface area contributed by atoms with Crippen molar-refractivity contribution in [3.8, 4) is 0 Å². The van der Waals surface area contributed by atoms with Gasteiger partial charge in [-0.2, -0.15) is 0 Å². The monoisotopic (exact) mass is 268 g/mol. The van der Waals surface area contributed by atoms with Crippen molar-refractivity contribution in [2.75, 3.05) is 13.2 Å². The zero-order chi connectivity index (χ0) is 13.5. The van der Waals surface area contributed by atoms with E-state index in [4.69, 9.17) is 9.84 Å². The molecule has 2 aliphatic rings. The van der Waals surface area contributed by atoms with Gasteiger partial charge in [0.15, 0.2) is 0 Å². The summed E-state index contributed by atoms with van der Waals surface area (Å²) in [6.07, 6.45) is 14.3. The van der Waals surface area contributed by atoms with Crippen LogP contribution in [0.5, 0.6) is 0 Å². The van der Waals surface area contributed by atoms with Gasteiger partial charge >= 0.3 is 0 Å². The summed E-state index contributed by atoms with van der Waals surface area (Å²) in [5.41, 5.74) is 0. The summed E-state index contributed by atoms with van der Waals surface area (Å²) in [6, 6.07) is 0. The number of rotatable bonds is 4. The van der Waals surface area contributed by atoms with Crippen LogP contribution in [0.25, 0.3) is 0 Å². The molecule has 1 N–H and O–H groups in total. The first-order chi connectivity index (χ1) is 9.31. The van der Waals surface area contributed by atoms with Crippen LogP contribution in [-0.2, 0) is 4.74 Å². The Labute approximate surface area is 118 Å². The van der Waals surface area contributed by atoms with Crippen LogP contribution < -0.4 is 0 Å². The lowest BCUT2D eigenvalue weighted by atomic mass is 9.69. The molecule has 2 fully saturated rings. The fourth-order valence-corrected chi connectivity index (χ4v) is 4.26. The summed E-state index contributed by atoms with van der Waals surface area (Å²) in [5, 5.41) is 8.91. The van der Waals surface area contributed by atoms with Gasteiger partial charge in [0.05, 0.1) is 19.3 Å². The van der Waals surface area contributed by atoms with Crippen molar-refractivity contribution in [1.29, 1.82) is 0 Å². The fraction of sp³-hybridized carbons (Fsp3) is 1.00. The molecule has 19 heavy (non-hydrogen) atoms. The van der Waals surface area contributed by atoms with Crippen molar-refractivity contribution in [2.45, 2.75) is 77.2 Å². The molecule has 112 valence electrons. The zero-order valence-electron chi connectivity index (χ0n) is 12.7. The molecule has 0 spiro atoms. The van der Waals surface area contributed by atoms with Crippen LogP contribution in [0, 0.1) is 17.8 Å². The highest BCUT2D eigenvalue weighted by atomic mass is 16.5. The van der Waals surface area contributed by atoms with Gasteiger partial charge in [0.25, 0.3) is 0 Å². The highest BCUT2D eigenvalue weighted by Gasteiger charge is 2.33. The average Bonchev–Trinajstić information content (AvgIpc) is 2.38. The molecule has 2 saturated carbocycles. The Morgan fingerprint density at radius 1 is 0.947 bits per heavy atom. The van der Waals surface area contributed by atoms with Gasteiger partial charge < -0.3 is 9.84 Å². The van der Waals surface area contributed by atoms with E-state index in [9.17, 15) is 0 Å². The zero-order valence-corrected chi connectivity index (χ0v) is 12.7. The molecule has 0 radical (unpaired) electrons. The Bertz CT molecular complexity index is 231. The van der Waals surface area contributed by atoms with E-state index in [2.05, 4.69) is 6.92 Å². The maximum Gasteiger partial charge on any atom is 0.0701 e. The van der Waals surface area contributed by atoms with E-state index >= 15 is 0 Å². The molecule has 0 saturated heterocycles. The topological polar surface area (TPSA) is 29.5 Å².